The van der Waals surface area contributed by atoms with E-state index in [9.17, 15) is 4.79 Å². The van der Waals surface area contributed by atoms with Crippen LogP contribution in [0.3, 0.4) is 0 Å². The second-order valence-electron chi connectivity index (χ2n) is 3.36. The molecule has 0 aliphatic rings. The summed E-state index contributed by atoms with van der Waals surface area (Å²) in [6, 6.07) is 3.24. The quantitative estimate of drug-likeness (QED) is 0.766. The molecule has 2 heterocycles. The smallest absolute Gasteiger partial charge is 0.247 e. The number of aromatic nitrogens is 2. The van der Waals surface area contributed by atoms with E-state index in [-0.39, 0.29) is 11.5 Å². The van der Waals surface area contributed by atoms with Gasteiger partial charge in [0.25, 0.3) is 0 Å². The molecule has 0 aromatic carbocycles. The Labute approximate surface area is 103 Å². The first-order valence-electron chi connectivity index (χ1n) is 5.02. The number of ketones is 1. The Kier molecular flexibility index (Phi) is 3.61. The van der Waals surface area contributed by atoms with Gasteiger partial charge in [-0.05, 0) is 12.1 Å². The van der Waals surface area contributed by atoms with Gasteiger partial charge in [-0.25, -0.2) is 0 Å². The van der Waals surface area contributed by atoms with E-state index in [1.807, 2.05) is 0 Å². The molecule has 2 rings (SSSR count). The Morgan fingerprint density at radius 1 is 1.65 bits per heavy atom. The van der Waals surface area contributed by atoms with E-state index in [2.05, 4.69) is 5.10 Å². The fraction of sp³-hybridized carbons (Fsp3) is 0.273. The molecule has 6 heteroatoms. The van der Waals surface area contributed by atoms with Crippen molar-refractivity contribution in [1.82, 2.24) is 9.78 Å². The maximum Gasteiger partial charge on any atom is 0.247 e. The van der Waals surface area contributed by atoms with Crippen molar-refractivity contribution in [2.75, 3.05) is 13.7 Å². The maximum absolute atomic E-state index is 12.1. The Morgan fingerprint density at radius 2 is 2.47 bits per heavy atom. The lowest BCUT2D eigenvalue weighted by molar-refractivity contribution is 0.0995. The van der Waals surface area contributed by atoms with Gasteiger partial charge in [-0.3, -0.25) is 9.48 Å². The predicted octanol–water partition coefficient (Wildman–Crippen LogP) is 2.01. The van der Waals surface area contributed by atoms with Crippen molar-refractivity contribution in [3.8, 4) is 0 Å². The van der Waals surface area contributed by atoms with E-state index in [1.165, 1.54) is 17.1 Å². The molecule has 0 N–H and O–H groups in total. The highest BCUT2D eigenvalue weighted by molar-refractivity contribution is 6.34. The first-order chi connectivity index (χ1) is 8.24. The number of hydrogen-bond donors (Lipinski definition) is 0. The number of carbonyl (C=O) groups excluding carboxylic acids is 1. The van der Waals surface area contributed by atoms with E-state index in [1.54, 1.807) is 19.2 Å². The van der Waals surface area contributed by atoms with Gasteiger partial charge in [-0.1, -0.05) is 11.6 Å². The fourth-order valence-corrected chi connectivity index (χ4v) is 1.69. The zero-order valence-corrected chi connectivity index (χ0v) is 9.98. The van der Waals surface area contributed by atoms with Crippen LogP contribution in [-0.4, -0.2) is 29.3 Å². The topological polar surface area (TPSA) is 57.3 Å². The van der Waals surface area contributed by atoms with Gasteiger partial charge in [0.15, 0.2) is 5.76 Å². The molecule has 0 saturated carbocycles. The zero-order valence-electron chi connectivity index (χ0n) is 9.22. The molecule has 0 unspecified atom stereocenters. The van der Waals surface area contributed by atoms with Crippen LogP contribution in [0.5, 0.6) is 0 Å². The van der Waals surface area contributed by atoms with Crippen molar-refractivity contribution in [2.45, 2.75) is 6.54 Å². The molecule has 0 amide bonds. The van der Waals surface area contributed by atoms with Crippen LogP contribution in [-0.2, 0) is 11.3 Å². The average Bonchev–Trinajstić information content (AvgIpc) is 2.95. The summed E-state index contributed by atoms with van der Waals surface area (Å²) in [4.78, 5) is 12.1. The summed E-state index contributed by atoms with van der Waals surface area (Å²) in [6.07, 6.45) is 2.88. The highest BCUT2D eigenvalue weighted by Crippen LogP contribution is 2.19. The van der Waals surface area contributed by atoms with Gasteiger partial charge in [0, 0.05) is 7.11 Å². The number of methoxy groups -OCH3 is 1. The van der Waals surface area contributed by atoms with Gasteiger partial charge in [0.05, 0.1) is 30.6 Å². The molecule has 0 fully saturated rings. The predicted molar refractivity (Wildman–Crippen MR) is 61.3 cm³/mol. The Balaban J connectivity index is 2.31. The van der Waals surface area contributed by atoms with Gasteiger partial charge in [0.2, 0.25) is 5.78 Å². The zero-order chi connectivity index (χ0) is 12.3. The molecule has 0 aliphatic carbocycles. The van der Waals surface area contributed by atoms with E-state index in [4.69, 9.17) is 20.8 Å². The summed E-state index contributed by atoms with van der Waals surface area (Å²) in [5.41, 5.74) is 0.318. The number of rotatable bonds is 5. The minimum Gasteiger partial charge on any atom is -0.461 e. The molecule has 2 aromatic rings. The van der Waals surface area contributed by atoms with Crippen LogP contribution in [0.25, 0.3) is 0 Å². The standard InChI is InChI=1S/C11H11ClN2O3/c1-16-6-4-14-10(8(12)7-13-14)11(15)9-3-2-5-17-9/h2-3,5,7H,4,6H2,1H3. The highest BCUT2D eigenvalue weighted by Gasteiger charge is 2.20. The van der Waals surface area contributed by atoms with Gasteiger partial charge >= 0.3 is 0 Å². The number of carbonyl (C=O) groups is 1. The Morgan fingerprint density at radius 3 is 3.12 bits per heavy atom. The van der Waals surface area contributed by atoms with Crippen LogP contribution in [0.1, 0.15) is 16.2 Å². The normalized spacial score (nSPS) is 10.7. The van der Waals surface area contributed by atoms with Crippen molar-refractivity contribution < 1.29 is 13.9 Å². The van der Waals surface area contributed by atoms with Crippen LogP contribution in [0, 0.1) is 0 Å². The lowest BCUT2D eigenvalue weighted by atomic mass is 10.2. The summed E-state index contributed by atoms with van der Waals surface area (Å²) in [5, 5.41) is 4.33. The summed E-state index contributed by atoms with van der Waals surface area (Å²) in [6.45, 7) is 0.918. The average molecular weight is 255 g/mol. The van der Waals surface area contributed by atoms with Crippen LogP contribution in [0.4, 0.5) is 0 Å². The van der Waals surface area contributed by atoms with Crippen LogP contribution < -0.4 is 0 Å². The van der Waals surface area contributed by atoms with Crippen molar-refractivity contribution in [2.24, 2.45) is 0 Å². The third-order valence-electron chi connectivity index (χ3n) is 2.26. The lowest BCUT2D eigenvalue weighted by Gasteiger charge is -2.05. The molecule has 0 saturated heterocycles. The molecule has 17 heavy (non-hydrogen) atoms. The van der Waals surface area contributed by atoms with E-state index in [0.29, 0.717) is 23.9 Å². The van der Waals surface area contributed by atoms with Crippen molar-refractivity contribution in [1.29, 1.82) is 0 Å². The van der Waals surface area contributed by atoms with E-state index in [0.717, 1.165) is 0 Å². The van der Waals surface area contributed by atoms with Crippen molar-refractivity contribution >= 4 is 17.4 Å². The third-order valence-corrected chi connectivity index (χ3v) is 2.54. The summed E-state index contributed by atoms with van der Waals surface area (Å²) >= 11 is 5.95. The first-order valence-corrected chi connectivity index (χ1v) is 5.40. The molecular weight excluding hydrogens is 244 g/mol. The highest BCUT2D eigenvalue weighted by atomic mass is 35.5. The van der Waals surface area contributed by atoms with E-state index >= 15 is 0 Å². The van der Waals surface area contributed by atoms with Crippen LogP contribution in [0.2, 0.25) is 5.02 Å². The number of nitrogens with zero attached hydrogens (tertiary/aromatic N) is 2. The number of halogens is 1. The Bertz CT molecular complexity index is 505. The third kappa shape index (κ3) is 2.40. The van der Waals surface area contributed by atoms with E-state index < -0.39 is 0 Å². The van der Waals surface area contributed by atoms with Gasteiger partial charge in [0.1, 0.15) is 5.69 Å². The van der Waals surface area contributed by atoms with Gasteiger partial charge < -0.3 is 9.15 Å². The Hall–Kier alpha value is -1.59. The summed E-state index contributed by atoms with van der Waals surface area (Å²) in [7, 11) is 1.58. The monoisotopic (exact) mass is 254 g/mol. The maximum atomic E-state index is 12.1. The van der Waals surface area contributed by atoms with Gasteiger partial charge in [-0.15, -0.1) is 0 Å². The minimum absolute atomic E-state index is 0.242. The second kappa shape index (κ2) is 5.16. The molecule has 90 valence electrons. The molecule has 2 aromatic heterocycles. The lowest BCUT2D eigenvalue weighted by Crippen LogP contribution is -2.14. The van der Waals surface area contributed by atoms with Crippen molar-refractivity contribution in [3.05, 3.63) is 41.1 Å². The molecular formula is C11H11ClN2O3. The van der Waals surface area contributed by atoms with Crippen LogP contribution in [0.15, 0.2) is 29.0 Å². The number of ether oxygens (including phenoxy) is 1. The molecule has 0 atom stereocenters. The molecule has 0 bridgehead atoms. The largest absolute Gasteiger partial charge is 0.461 e. The number of hydrogen-bond acceptors (Lipinski definition) is 4. The summed E-state index contributed by atoms with van der Waals surface area (Å²) in [5.74, 6) is -0.0420. The first kappa shape index (κ1) is 11.9. The molecule has 0 spiro atoms. The summed E-state index contributed by atoms with van der Waals surface area (Å²) < 4.78 is 11.5. The second-order valence-corrected chi connectivity index (χ2v) is 3.77. The molecule has 5 nitrogen and oxygen atoms in total. The minimum atomic E-state index is -0.284. The SMILES string of the molecule is COCCn1ncc(Cl)c1C(=O)c1ccco1. The van der Waals surface area contributed by atoms with Gasteiger partial charge in [-0.2, -0.15) is 5.10 Å². The molecule has 0 aliphatic heterocycles. The van der Waals surface area contributed by atoms with Crippen molar-refractivity contribution in [3.63, 3.8) is 0 Å². The van der Waals surface area contributed by atoms with Crippen LogP contribution >= 0.6 is 11.6 Å². The number of furan rings is 1. The fourth-order valence-electron chi connectivity index (χ4n) is 1.46. The molecule has 0 radical (unpaired) electrons.